The highest BCUT2D eigenvalue weighted by molar-refractivity contribution is 5.94. The largest absolute Gasteiger partial charge is 0.369 e. The van der Waals surface area contributed by atoms with Gasteiger partial charge in [0.15, 0.2) is 11.6 Å². The van der Waals surface area contributed by atoms with E-state index in [0.29, 0.717) is 17.4 Å². The van der Waals surface area contributed by atoms with Crippen LogP contribution in [0.25, 0.3) is 0 Å². The number of pyridine rings is 2. The maximum Gasteiger partial charge on any atom is 0.263 e. The molecular weight excluding hydrogens is 438 g/mol. The average molecular weight is 465 g/mol. The minimum absolute atomic E-state index is 0.0192. The molecule has 0 bridgehead atoms. The monoisotopic (exact) mass is 464 g/mol. The van der Waals surface area contributed by atoms with Crippen molar-refractivity contribution < 1.29 is 13.6 Å². The lowest BCUT2D eigenvalue weighted by atomic mass is 9.76. The zero-order valence-electron chi connectivity index (χ0n) is 18.6. The van der Waals surface area contributed by atoms with Gasteiger partial charge in [0.25, 0.3) is 11.5 Å². The van der Waals surface area contributed by atoms with Crippen LogP contribution < -0.4 is 16.2 Å². The summed E-state index contributed by atoms with van der Waals surface area (Å²) in [6.45, 7) is 0.948. The number of amides is 1. The lowest BCUT2D eigenvalue weighted by Gasteiger charge is -2.32. The van der Waals surface area contributed by atoms with Gasteiger partial charge in [-0.3, -0.25) is 9.59 Å². The van der Waals surface area contributed by atoms with Crippen molar-refractivity contribution in [3.8, 4) is 0 Å². The minimum atomic E-state index is -0.969. The number of carbonyl (C=O) groups is 1. The second kappa shape index (κ2) is 9.37. The highest BCUT2D eigenvalue weighted by atomic mass is 19.2. The molecule has 2 aromatic heterocycles. The van der Waals surface area contributed by atoms with Gasteiger partial charge in [0.1, 0.15) is 11.4 Å². The predicted octanol–water partition coefficient (Wildman–Crippen LogP) is 4.07. The van der Waals surface area contributed by atoms with E-state index in [1.165, 1.54) is 28.5 Å². The highest BCUT2D eigenvalue weighted by Gasteiger charge is 2.33. The summed E-state index contributed by atoms with van der Waals surface area (Å²) in [6, 6.07) is 10.8. The number of halogens is 2. The lowest BCUT2D eigenvalue weighted by Crippen LogP contribution is -2.41. The van der Waals surface area contributed by atoms with Gasteiger partial charge in [-0.1, -0.05) is 12.1 Å². The number of carbonyl (C=O) groups excluding carboxylic acids is 1. The van der Waals surface area contributed by atoms with Gasteiger partial charge in [-0.05, 0) is 73.1 Å². The van der Waals surface area contributed by atoms with Crippen LogP contribution in [0.5, 0.6) is 0 Å². The summed E-state index contributed by atoms with van der Waals surface area (Å²) in [5.74, 6) is -0.349. The fourth-order valence-corrected chi connectivity index (χ4v) is 5.20. The van der Waals surface area contributed by atoms with Gasteiger partial charge < -0.3 is 15.2 Å². The molecule has 6 nitrogen and oxygen atoms in total. The van der Waals surface area contributed by atoms with E-state index in [2.05, 4.69) is 21.7 Å². The van der Waals surface area contributed by atoms with E-state index >= 15 is 0 Å². The van der Waals surface area contributed by atoms with Gasteiger partial charge in [0, 0.05) is 30.9 Å². The lowest BCUT2D eigenvalue weighted by molar-refractivity contribution is 0.0918. The van der Waals surface area contributed by atoms with E-state index in [0.717, 1.165) is 50.2 Å². The molecule has 176 valence electrons. The third kappa shape index (κ3) is 4.44. The van der Waals surface area contributed by atoms with Crippen molar-refractivity contribution in [1.29, 1.82) is 0 Å². The average Bonchev–Trinajstić information content (AvgIpc) is 3.27. The number of nitrogens with zero attached hydrogens (tertiary/aromatic N) is 2. The molecule has 1 atom stereocenters. The maximum absolute atomic E-state index is 13.5. The second-order valence-electron chi connectivity index (χ2n) is 9.12. The number of hydrogen-bond donors (Lipinski definition) is 2. The maximum atomic E-state index is 13.5. The topological polar surface area (TPSA) is 76.0 Å². The quantitative estimate of drug-likeness (QED) is 0.597. The summed E-state index contributed by atoms with van der Waals surface area (Å²) < 4.78 is 28.0. The van der Waals surface area contributed by atoms with Gasteiger partial charge in [-0.25, -0.2) is 13.8 Å². The first-order valence-corrected chi connectivity index (χ1v) is 11.6. The van der Waals surface area contributed by atoms with E-state index in [4.69, 9.17) is 0 Å². The van der Waals surface area contributed by atoms with Crippen LogP contribution in [-0.4, -0.2) is 28.0 Å². The van der Waals surface area contributed by atoms with Crippen molar-refractivity contribution in [2.45, 2.75) is 44.2 Å². The third-order valence-corrected chi connectivity index (χ3v) is 7.01. The molecule has 1 amide bonds. The first-order chi connectivity index (χ1) is 16.5. The summed E-state index contributed by atoms with van der Waals surface area (Å²) in [6.07, 6.45) is 7.06. The molecule has 3 aromatic rings. The van der Waals surface area contributed by atoms with Crippen LogP contribution in [0.15, 0.2) is 59.7 Å². The molecule has 8 heteroatoms. The van der Waals surface area contributed by atoms with Crippen molar-refractivity contribution in [3.63, 3.8) is 0 Å². The fraction of sp³-hybridized carbons (Fsp3) is 0.346. The summed E-state index contributed by atoms with van der Waals surface area (Å²) in [4.78, 5) is 30.2. The zero-order valence-corrected chi connectivity index (χ0v) is 18.6. The Kier molecular flexibility index (Phi) is 6.13. The van der Waals surface area contributed by atoms with Gasteiger partial charge >= 0.3 is 0 Å². The van der Waals surface area contributed by atoms with E-state index in [1.54, 1.807) is 12.3 Å². The molecular formula is C26H26F2N4O2. The van der Waals surface area contributed by atoms with E-state index in [9.17, 15) is 18.4 Å². The van der Waals surface area contributed by atoms with E-state index in [1.807, 2.05) is 6.07 Å². The Labute approximate surface area is 196 Å². The van der Waals surface area contributed by atoms with Crippen molar-refractivity contribution in [2.75, 3.05) is 11.9 Å². The number of benzene rings is 1. The van der Waals surface area contributed by atoms with E-state index < -0.39 is 23.1 Å². The summed E-state index contributed by atoms with van der Waals surface area (Å²) >= 11 is 0. The number of fused-ring (bicyclic) bond motifs is 1. The molecule has 5 rings (SSSR count). The van der Waals surface area contributed by atoms with Gasteiger partial charge in [-0.15, -0.1) is 0 Å². The van der Waals surface area contributed by atoms with Crippen LogP contribution in [0.3, 0.4) is 0 Å². The van der Waals surface area contributed by atoms with Crippen molar-refractivity contribution in [1.82, 2.24) is 14.9 Å². The molecule has 1 fully saturated rings. The molecule has 1 saturated carbocycles. The standard InChI is InChI=1S/C26H26F2N4O2/c27-22-10-5-16(13-23(22)28)15-32-12-2-4-20(26(32)34)25(33)31-18-8-6-17(7-9-18)21-14-30-24-19(21)3-1-11-29-24/h1-5,10-13,17-18,21H,6-9,14-15H2,(H,29,30)(H,31,33)/t17?,18?,21-/m1/s1. The Morgan fingerprint density at radius 2 is 1.91 bits per heavy atom. The SMILES string of the molecule is O=C(NC1CCC([C@H]2CNc3ncccc32)CC1)c1cccn(Cc2ccc(F)c(F)c2)c1=O. The molecule has 1 aromatic carbocycles. The Morgan fingerprint density at radius 1 is 1.09 bits per heavy atom. The Bertz CT molecular complexity index is 1270. The molecule has 0 radical (unpaired) electrons. The van der Waals surface area contributed by atoms with Gasteiger partial charge in [-0.2, -0.15) is 0 Å². The highest BCUT2D eigenvalue weighted by Crippen LogP contribution is 2.41. The molecule has 34 heavy (non-hydrogen) atoms. The molecule has 2 aliphatic rings. The van der Waals surface area contributed by atoms with Crippen molar-refractivity contribution in [2.24, 2.45) is 5.92 Å². The first kappa shape index (κ1) is 22.3. The predicted molar refractivity (Wildman–Crippen MR) is 125 cm³/mol. The molecule has 0 saturated heterocycles. The number of hydrogen-bond acceptors (Lipinski definition) is 4. The second-order valence-corrected chi connectivity index (χ2v) is 9.12. The number of nitrogens with one attached hydrogen (secondary N) is 2. The van der Waals surface area contributed by atoms with Crippen LogP contribution in [-0.2, 0) is 6.54 Å². The molecule has 1 aliphatic carbocycles. The smallest absolute Gasteiger partial charge is 0.263 e. The van der Waals surface area contributed by atoms with Crippen LogP contribution in [0.2, 0.25) is 0 Å². The minimum Gasteiger partial charge on any atom is -0.369 e. The van der Waals surface area contributed by atoms with E-state index in [-0.39, 0.29) is 18.2 Å². The van der Waals surface area contributed by atoms with Crippen molar-refractivity contribution in [3.05, 3.63) is 93.5 Å². The molecule has 2 N–H and O–H groups in total. The first-order valence-electron chi connectivity index (χ1n) is 11.6. The van der Waals surface area contributed by atoms with Crippen LogP contribution in [0.4, 0.5) is 14.6 Å². The number of aromatic nitrogens is 2. The van der Waals surface area contributed by atoms with Crippen LogP contribution in [0, 0.1) is 17.6 Å². The Balaban J connectivity index is 1.21. The van der Waals surface area contributed by atoms with Gasteiger partial charge in [0.2, 0.25) is 0 Å². The molecule has 3 heterocycles. The normalized spacial score (nSPS) is 21.5. The summed E-state index contributed by atoms with van der Waals surface area (Å²) in [7, 11) is 0. The Hall–Kier alpha value is -3.55. The van der Waals surface area contributed by atoms with Crippen molar-refractivity contribution >= 4 is 11.7 Å². The molecule has 0 unspecified atom stereocenters. The summed E-state index contributed by atoms with van der Waals surface area (Å²) in [5, 5.41) is 6.41. The summed E-state index contributed by atoms with van der Waals surface area (Å²) in [5.41, 5.74) is 1.31. The third-order valence-electron chi connectivity index (χ3n) is 7.01. The molecule has 0 spiro atoms. The zero-order chi connectivity index (χ0) is 23.7. The Morgan fingerprint density at radius 3 is 2.71 bits per heavy atom. The fourth-order valence-electron chi connectivity index (χ4n) is 5.20. The van der Waals surface area contributed by atoms with Crippen LogP contribution in [0.1, 0.15) is 53.1 Å². The van der Waals surface area contributed by atoms with Crippen LogP contribution >= 0.6 is 0 Å². The molecule has 1 aliphatic heterocycles. The number of anilines is 1. The van der Waals surface area contributed by atoms with Gasteiger partial charge in [0.05, 0.1) is 6.54 Å². The number of rotatable bonds is 5.